The highest BCUT2D eigenvalue weighted by Gasteiger charge is 2.41. The molecule has 7 heteroatoms. The number of ether oxygens (including phenoxy) is 1. The van der Waals surface area contributed by atoms with E-state index in [-0.39, 0.29) is 48.1 Å². The first-order valence-corrected chi connectivity index (χ1v) is 15.0. The number of benzene rings is 3. The highest BCUT2D eigenvalue weighted by Crippen LogP contribution is 2.34. The van der Waals surface area contributed by atoms with Crippen molar-refractivity contribution in [2.75, 3.05) is 24.5 Å². The Morgan fingerprint density at radius 3 is 2.55 bits per heavy atom. The normalized spacial score (nSPS) is 23.5. The van der Waals surface area contributed by atoms with Crippen molar-refractivity contribution in [3.05, 3.63) is 107 Å². The maximum atomic E-state index is 14.5. The smallest absolute Gasteiger partial charge is 0.289 e. The topological polar surface area (TPSA) is 53.1 Å². The first-order valence-electron chi connectivity index (χ1n) is 15.0. The number of rotatable bonds is 5. The number of aryl methyl sites for hydroxylation is 1. The van der Waals surface area contributed by atoms with Crippen molar-refractivity contribution in [3.8, 4) is 0 Å². The third-order valence-corrected chi connectivity index (χ3v) is 8.82. The summed E-state index contributed by atoms with van der Waals surface area (Å²) in [6.45, 7) is 6.57. The lowest BCUT2D eigenvalue weighted by Crippen LogP contribution is -2.54. The first-order chi connectivity index (χ1) is 20.4. The van der Waals surface area contributed by atoms with E-state index in [0.29, 0.717) is 24.2 Å². The third-order valence-electron chi connectivity index (χ3n) is 8.82. The van der Waals surface area contributed by atoms with E-state index in [1.165, 1.54) is 17.3 Å². The molecule has 3 atom stereocenters. The van der Waals surface area contributed by atoms with E-state index in [9.17, 15) is 14.0 Å². The molecule has 3 fully saturated rings. The van der Waals surface area contributed by atoms with Crippen LogP contribution in [0.2, 0.25) is 0 Å². The van der Waals surface area contributed by atoms with Crippen LogP contribution in [0, 0.1) is 12.7 Å². The molecule has 0 spiro atoms. The maximum Gasteiger partial charge on any atom is 0.289 e. The quantitative estimate of drug-likeness (QED) is 0.345. The predicted octanol–water partition coefficient (Wildman–Crippen LogP) is 6.20. The molecule has 2 amide bonds. The number of piperazine rings is 1. The lowest BCUT2D eigenvalue weighted by molar-refractivity contribution is -0.149. The molecule has 42 heavy (non-hydrogen) atoms. The average molecular weight is 568 g/mol. The van der Waals surface area contributed by atoms with E-state index >= 15 is 0 Å². The fraction of sp³-hybridized carbons (Fsp3) is 0.371. The van der Waals surface area contributed by atoms with Gasteiger partial charge in [-0.3, -0.25) is 9.59 Å². The second-order valence-corrected chi connectivity index (χ2v) is 11.8. The number of nitrogens with zero attached hydrogens (tertiary/aromatic N) is 3. The number of carbonyl (C=O) groups is 2. The number of amides is 2. The molecule has 2 aliphatic heterocycles. The minimum Gasteiger partial charge on any atom is -0.482 e. The Kier molecular flexibility index (Phi) is 8.00. The summed E-state index contributed by atoms with van der Waals surface area (Å²) >= 11 is 0. The van der Waals surface area contributed by atoms with Gasteiger partial charge in [-0.15, -0.1) is 0 Å². The summed E-state index contributed by atoms with van der Waals surface area (Å²) in [5, 5.41) is 0. The Balaban J connectivity index is 1.15. The van der Waals surface area contributed by atoms with Crippen molar-refractivity contribution in [1.82, 2.24) is 9.80 Å². The van der Waals surface area contributed by atoms with Crippen LogP contribution in [0.15, 0.2) is 78.6 Å². The van der Waals surface area contributed by atoms with E-state index in [1.54, 1.807) is 29.2 Å². The highest BCUT2D eigenvalue weighted by atomic mass is 19.1. The summed E-state index contributed by atoms with van der Waals surface area (Å²) in [4.78, 5) is 33.0. The van der Waals surface area contributed by atoms with E-state index in [4.69, 9.17) is 4.74 Å². The highest BCUT2D eigenvalue weighted by molar-refractivity contribution is 5.97. The molecule has 0 N–H and O–H groups in total. The minimum atomic E-state index is -0.305. The van der Waals surface area contributed by atoms with Crippen LogP contribution < -0.4 is 4.90 Å². The van der Waals surface area contributed by atoms with Gasteiger partial charge in [0.2, 0.25) is 0 Å². The largest absolute Gasteiger partial charge is 0.482 e. The molecule has 3 aliphatic rings. The van der Waals surface area contributed by atoms with E-state index in [0.717, 1.165) is 37.8 Å². The van der Waals surface area contributed by atoms with Crippen molar-refractivity contribution in [2.24, 2.45) is 0 Å². The zero-order valence-corrected chi connectivity index (χ0v) is 24.3. The van der Waals surface area contributed by atoms with Gasteiger partial charge in [0.1, 0.15) is 11.9 Å². The van der Waals surface area contributed by atoms with Crippen LogP contribution in [0.25, 0.3) is 6.08 Å². The van der Waals surface area contributed by atoms with Gasteiger partial charge in [-0.2, -0.15) is 0 Å². The van der Waals surface area contributed by atoms with Crippen molar-refractivity contribution < 1.29 is 18.7 Å². The molecule has 6 rings (SSSR count). The van der Waals surface area contributed by atoms with Gasteiger partial charge in [0.15, 0.2) is 5.76 Å². The fourth-order valence-corrected chi connectivity index (χ4v) is 6.56. The van der Waals surface area contributed by atoms with Crippen LogP contribution in [0.4, 0.5) is 10.1 Å². The standard InChI is InChI=1S/C35H38FN3O3/c1-24-8-7-10-29(20-24)38-19-18-37(22-25(38)2)34(40)27-16-14-26(15-17-27)21-33-35(41)39(23-28-9-3-4-11-30(28)36)31-12-5-6-13-32(31)42-33/h3-4,7-11,14-17,20-21,25,31-32H,5-6,12-13,18-19,22-23H2,1-2H3/b33-21-. The SMILES string of the molecule is Cc1cccc(N2CCN(C(=O)c3ccc(/C=C4\OC5CCCCC5N(Cc5ccccc5F)C4=O)cc3)CC2C)c1. The molecule has 0 bridgehead atoms. The summed E-state index contributed by atoms with van der Waals surface area (Å²) in [6.07, 6.45) is 5.44. The molecular weight excluding hydrogens is 529 g/mol. The molecule has 0 aromatic heterocycles. The van der Waals surface area contributed by atoms with Crippen LogP contribution in [-0.2, 0) is 16.1 Å². The molecule has 0 radical (unpaired) electrons. The number of carbonyl (C=O) groups excluding carboxylic acids is 2. The van der Waals surface area contributed by atoms with Crippen LogP contribution in [0.3, 0.4) is 0 Å². The summed E-state index contributed by atoms with van der Waals surface area (Å²) in [5.41, 5.74) is 4.34. The Labute approximate surface area is 247 Å². The third kappa shape index (κ3) is 5.78. The first kappa shape index (κ1) is 28.0. The molecule has 6 nitrogen and oxygen atoms in total. The zero-order valence-electron chi connectivity index (χ0n) is 24.3. The van der Waals surface area contributed by atoms with Crippen LogP contribution in [-0.4, -0.2) is 59.4 Å². The summed E-state index contributed by atoms with van der Waals surface area (Å²) in [5.74, 6) is -0.242. The van der Waals surface area contributed by atoms with Gasteiger partial charge < -0.3 is 19.4 Å². The van der Waals surface area contributed by atoms with Gasteiger partial charge >= 0.3 is 0 Å². The zero-order chi connectivity index (χ0) is 29.2. The fourth-order valence-electron chi connectivity index (χ4n) is 6.56. The van der Waals surface area contributed by atoms with Crippen LogP contribution >= 0.6 is 0 Å². The second-order valence-electron chi connectivity index (χ2n) is 11.8. The predicted molar refractivity (Wildman–Crippen MR) is 162 cm³/mol. The minimum absolute atomic E-state index is 0.0102. The molecule has 3 unspecified atom stereocenters. The van der Waals surface area contributed by atoms with Crippen molar-refractivity contribution in [2.45, 2.75) is 64.3 Å². The Morgan fingerprint density at radius 2 is 1.79 bits per heavy atom. The molecule has 1 saturated carbocycles. The number of fused-ring (bicyclic) bond motifs is 1. The Morgan fingerprint density at radius 1 is 1.00 bits per heavy atom. The molecule has 1 aliphatic carbocycles. The second kappa shape index (κ2) is 12.0. The van der Waals surface area contributed by atoms with Gasteiger partial charge in [-0.1, -0.05) is 48.9 Å². The van der Waals surface area contributed by atoms with E-state index in [2.05, 4.69) is 43.0 Å². The Bertz CT molecular complexity index is 1490. The lowest BCUT2D eigenvalue weighted by Gasteiger charge is -2.44. The van der Waals surface area contributed by atoms with Crippen molar-refractivity contribution in [1.29, 1.82) is 0 Å². The van der Waals surface area contributed by atoms with E-state index < -0.39 is 0 Å². The van der Waals surface area contributed by atoms with Crippen LogP contribution in [0.1, 0.15) is 59.7 Å². The molecule has 2 heterocycles. The maximum absolute atomic E-state index is 14.5. The Hall–Kier alpha value is -4.13. The molecule has 2 saturated heterocycles. The van der Waals surface area contributed by atoms with Gasteiger partial charge in [0.25, 0.3) is 11.8 Å². The monoisotopic (exact) mass is 567 g/mol. The van der Waals surface area contributed by atoms with E-state index in [1.807, 2.05) is 29.2 Å². The number of hydrogen-bond donors (Lipinski definition) is 0. The number of morpholine rings is 1. The van der Waals surface area contributed by atoms with Gasteiger partial charge in [-0.05, 0) is 80.6 Å². The van der Waals surface area contributed by atoms with Gasteiger partial charge in [0.05, 0.1) is 6.04 Å². The number of anilines is 1. The average Bonchev–Trinajstić information content (AvgIpc) is 3.00. The van der Waals surface area contributed by atoms with Gasteiger partial charge in [-0.25, -0.2) is 4.39 Å². The van der Waals surface area contributed by atoms with Gasteiger partial charge in [0, 0.05) is 49.0 Å². The summed E-state index contributed by atoms with van der Waals surface area (Å²) < 4.78 is 20.7. The molecule has 3 aromatic carbocycles. The summed E-state index contributed by atoms with van der Waals surface area (Å²) in [6, 6.07) is 22.6. The van der Waals surface area contributed by atoms with Crippen molar-refractivity contribution >= 4 is 23.6 Å². The number of halogens is 1. The number of hydrogen-bond acceptors (Lipinski definition) is 4. The molecule has 3 aromatic rings. The molecular formula is C35H38FN3O3. The molecule has 218 valence electrons. The van der Waals surface area contributed by atoms with Crippen LogP contribution in [0.5, 0.6) is 0 Å². The lowest BCUT2D eigenvalue weighted by atomic mass is 9.89. The summed E-state index contributed by atoms with van der Waals surface area (Å²) in [7, 11) is 0. The van der Waals surface area contributed by atoms with Crippen molar-refractivity contribution in [3.63, 3.8) is 0 Å².